The third kappa shape index (κ3) is 1.41. The van der Waals surface area contributed by atoms with Crippen LogP contribution in [0.4, 0.5) is 5.69 Å². The normalized spacial score (nSPS) is 18.8. The minimum atomic E-state index is 0.196. The Labute approximate surface area is 72.0 Å². The van der Waals surface area contributed by atoms with Crippen molar-refractivity contribution in [3.8, 4) is 0 Å². The van der Waals surface area contributed by atoms with E-state index >= 15 is 0 Å². The van der Waals surface area contributed by atoms with Gasteiger partial charge < -0.3 is 11.1 Å². The van der Waals surface area contributed by atoms with Crippen molar-refractivity contribution < 1.29 is 0 Å². The Balaban J connectivity index is 2.04. The maximum atomic E-state index is 5.64. The molecule has 0 radical (unpaired) electrons. The van der Waals surface area contributed by atoms with Gasteiger partial charge in [-0.2, -0.15) is 0 Å². The van der Waals surface area contributed by atoms with Crippen LogP contribution < -0.4 is 11.1 Å². The molecule has 0 amide bonds. The van der Waals surface area contributed by atoms with Crippen LogP contribution in [-0.2, 0) is 0 Å². The van der Waals surface area contributed by atoms with Gasteiger partial charge in [-0.15, -0.1) is 0 Å². The molecule has 1 aromatic rings. The van der Waals surface area contributed by atoms with E-state index in [0.717, 1.165) is 12.2 Å². The molecule has 0 unspecified atom stereocenters. The average molecular weight is 163 g/mol. The first kappa shape index (κ1) is 7.55. The van der Waals surface area contributed by atoms with Crippen molar-refractivity contribution in [3.05, 3.63) is 24.5 Å². The van der Waals surface area contributed by atoms with Gasteiger partial charge in [-0.05, 0) is 25.0 Å². The first-order valence-electron chi connectivity index (χ1n) is 4.23. The number of nitrogens with one attached hydrogen (secondary N) is 1. The standard InChI is InChI=1S/C9H13N3/c10-7-9(3-4-9)12-8-1-5-11-6-2-8/h1-2,5-6H,3-4,7,10H2,(H,11,12). The predicted molar refractivity (Wildman–Crippen MR) is 48.9 cm³/mol. The number of pyridine rings is 1. The SMILES string of the molecule is NCC1(Nc2ccncc2)CC1. The van der Waals surface area contributed by atoms with Gasteiger partial charge in [0.15, 0.2) is 0 Å². The van der Waals surface area contributed by atoms with Gasteiger partial charge in [-0.25, -0.2) is 0 Å². The quantitative estimate of drug-likeness (QED) is 0.698. The molecule has 3 nitrogen and oxygen atoms in total. The lowest BCUT2D eigenvalue weighted by Crippen LogP contribution is -2.30. The lowest BCUT2D eigenvalue weighted by molar-refractivity contribution is 0.742. The van der Waals surface area contributed by atoms with Crippen LogP contribution in [0.25, 0.3) is 0 Å². The first-order valence-corrected chi connectivity index (χ1v) is 4.23. The maximum absolute atomic E-state index is 5.64. The highest BCUT2D eigenvalue weighted by atomic mass is 15.0. The predicted octanol–water partition coefficient (Wildman–Crippen LogP) is 0.985. The van der Waals surface area contributed by atoms with Crippen LogP contribution in [0.15, 0.2) is 24.5 Å². The van der Waals surface area contributed by atoms with E-state index in [1.807, 2.05) is 12.1 Å². The monoisotopic (exact) mass is 163 g/mol. The van der Waals surface area contributed by atoms with Crippen LogP contribution in [0.1, 0.15) is 12.8 Å². The Morgan fingerprint density at radius 1 is 1.42 bits per heavy atom. The van der Waals surface area contributed by atoms with E-state index in [1.54, 1.807) is 12.4 Å². The van der Waals surface area contributed by atoms with Gasteiger partial charge in [-0.1, -0.05) is 0 Å². The summed E-state index contributed by atoms with van der Waals surface area (Å²) in [7, 11) is 0. The van der Waals surface area contributed by atoms with E-state index in [-0.39, 0.29) is 5.54 Å². The topological polar surface area (TPSA) is 50.9 Å². The summed E-state index contributed by atoms with van der Waals surface area (Å²) in [6.07, 6.45) is 5.95. The van der Waals surface area contributed by atoms with Crippen molar-refractivity contribution in [1.82, 2.24) is 4.98 Å². The number of nitrogens with zero attached hydrogens (tertiary/aromatic N) is 1. The second-order valence-electron chi connectivity index (χ2n) is 3.35. The van der Waals surface area contributed by atoms with Crippen molar-refractivity contribution >= 4 is 5.69 Å². The van der Waals surface area contributed by atoms with Gasteiger partial charge in [0, 0.05) is 30.2 Å². The van der Waals surface area contributed by atoms with Crippen LogP contribution in [0.3, 0.4) is 0 Å². The van der Waals surface area contributed by atoms with Crippen LogP contribution in [-0.4, -0.2) is 17.1 Å². The summed E-state index contributed by atoms with van der Waals surface area (Å²) in [6.45, 7) is 0.718. The highest BCUT2D eigenvalue weighted by Gasteiger charge is 2.40. The van der Waals surface area contributed by atoms with E-state index in [9.17, 15) is 0 Å². The fourth-order valence-electron chi connectivity index (χ4n) is 1.27. The van der Waals surface area contributed by atoms with Gasteiger partial charge in [0.2, 0.25) is 0 Å². The average Bonchev–Trinajstić information content (AvgIpc) is 2.88. The van der Waals surface area contributed by atoms with E-state index in [4.69, 9.17) is 5.73 Å². The molecular formula is C9H13N3. The minimum absolute atomic E-state index is 0.196. The van der Waals surface area contributed by atoms with E-state index in [1.165, 1.54) is 12.8 Å². The molecule has 1 saturated carbocycles. The molecule has 64 valence electrons. The minimum Gasteiger partial charge on any atom is -0.378 e. The smallest absolute Gasteiger partial charge is 0.0497 e. The molecule has 12 heavy (non-hydrogen) atoms. The highest BCUT2D eigenvalue weighted by molar-refractivity contribution is 5.45. The molecule has 0 atom stereocenters. The summed E-state index contributed by atoms with van der Waals surface area (Å²) in [5.74, 6) is 0. The van der Waals surface area contributed by atoms with Crippen molar-refractivity contribution in [3.63, 3.8) is 0 Å². The van der Waals surface area contributed by atoms with E-state index < -0.39 is 0 Å². The highest BCUT2D eigenvalue weighted by Crippen LogP contribution is 2.37. The summed E-state index contributed by atoms with van der Waals surface area (Å²) in [5, 5.41) is 3.41. The fraction of sp³-hybridized carbons (Fsp3) is 0.444. The number of hydrogen-bond donors (Lipinski definition) is 2. The molecule has 2 rings (SSSR count). The molecule has 0 aliphatic heterocycles. The number of aromatic nitrogens is 1. The molecule has 0 bridgehead atoms. The molecule has 1 fully saturated rings. The van der Waals surface area contributed by atoms with Crippen molar-refractivity contribution in [2.45, 2.75) is 18.4 Å². The zero-order chi connectivity index (χ0) is 8.44. The molecule has 0 spiro atoms. The summed E-state index contributed by atoms with van der Waals surface area (Å²) >= 11 is 0. The molecule has 0 aromatic carbocycles. The van der Waals surface area contributed by atoms with E-state index in [2.05, 4.69) is 10.3 Å². The first-order chi connectivity index (χ1) is 5.85. The molecule has 1 heterocycles. The largest absolute Gasteiger partial charge is 0.378 e. The van der Waals surface area contributed by atoms with Crippen molar-refractivity contribution in [2.24, 2.45) is 5.73 Å². The summed E-state index contributed by atoms with van der Waals surface area (Å²) < 4.78 is 0. The van der Waals surface area contributed by atoms with Gasteiger partial charge in [0.25, 0.3) is 0 Å². The Bertz CT molecular complexity index is 254. The molecule has 1 aromatic heterocycles. The number of anilines is 1. The molecule has 1 aliphatic rings. The van der Waals surface area contributed by atoms with Crippen LogP contribution in [0.2, 0.25) is 0 Å². The maximum Gasteiger partial charge on any atom is 0.0497 e. The summed E-state index contributed by atoms with van der Waals surface area (Å²) in [4.78, 5) is 3.95. The zero-order valence-electron chi connectivity index (χ0n) is 6.96. The third-order valence-corrected chi connectivity index (χ3v) is 2.33. The summed E-state index contributed by atoms with van der Waals surface area (Å²) in [6, 6.07) is 3.94. The van der Waals surface area contributed by atoms with Crippen LogP contribution >= 0.6 is 0 Å². The second kappa shape index (κ2) is 2.75. The summed E-state index contributed by atoms with van der Waals surface area (Å²) in [5.41, 5.74) is 6.95. The second-order valence-corrected chi connectivity index (χ2v) is 3.35. The zero-order valence-corrected chi connectivity index (χ0v) is 6.96. The van der Waals surface area contributed by atoms with Gasteiger partial charge in [0.05, 0.1) is 0 Å². The molecular weight excluding hydrogens is 150 g/mol. The lowest BCUT2D eigenvalue weighted by atomic mass is 10.2. The Morgan fingerprint density at radius 2 is 2.08 bits per heavy atom. The molecule has 0 saturated heterocycles. The lowest BCUT2D eigenvalue weighted by Gasteiger charge is -2.15. The third-order valence-electron chi connectivity index (χ3n) is 2.33. The molecule has 1 aliphatic carbocycles. The Morgan fingerprint density at radius 3 is 2.58 bits per heavy atom. The number of hydrogen-bond acceptors (Lipinski definition) is 3. The van der Waals surface area contributed by atoms with Crippen molar-refractivity contribution in [1.29, 1.82) is 0 Å². The number of rotatable bonds is 3. The Kier molecular flexibility index (Phi) is 1.73. The van der Waals surface area contributed by atoms with Gasteiger partial charge in [-0.3, -0.25) is 4.98 Å². The van der Waals surface area contributed by atoms with Crippen LogP contribution in [0.5, 0.6) is 0 Å². The fourth-order valence-corrected chi connectivity index (χ4v) is 1.27. The van der Waals surface area contributed by atoms with Crippen LogP contribution in [0, 0.1) is 0 Å². The van der Waals surface area contributed by atoms with Gasteiger partial charge in [0.1, 0.15) is 0 Å². The number of nitrogens with two attached hydrogens (primary N) is 1. The molecule has 3 heteroatoms. The van der Waals surface area contributed by atoms with Crippen molar-refractivity contribution in [2.75, 3.05) is 11.9 Å². The Hall–Kier alpha value is -1.09. The molecule has 3 N–H and O–H groups in total. The van der Waals surface area contributed by atoms with E-state index in [0.29, 0.717) is 0 Å². The van der Waals surface area contributed by atoms with Gasteiger partial charge >= 0.3 is 0 Å².